The summed E-state index contributed by atoms with van der Waals surface area (Å²) in [6, 6.07) is 13.5. The fourth-order valence-corrected chi connectivity index (χ4v) is 2.85. The number of carbonyl (C=O) groups is 3. The Kier molecular flexibility index (Phi) is 5.82. The van der Waals surface area contributed by atoms with Crippen molar-refractivity contribution in [2.75, 3.05) is 5.32 Å². The van der Waals surface area contributed by atoms with E-state index in [1.54, 1.807) is 69.3 Å². The minimum Gasteiger partial charge on any atom is -0.444 e. The molecule has 0 radical (unpaired) electrons. The van der Waals surface area contributed by atoms with Gasteiger partial charge in [-0.1, -0.05) is 24.3 Å². The van der Waals surface area contributed by atoms with E-state index in [1.165, 1.54) is 13.1 Å². The third-order valence-electron chi connectivity index (χ3n) is 4.02. The second-order valence-electron chi connectivity index (χ2n) is 7.64. The van der Waals surface area contributed by atoms with Crippen LogP contribution in [0.3, 0.4) is 0 Å². The summed E-state index contributed by atoms with van der Waals surface area (Å²) in [4.78, 5) is 40.5. The lowest BCUT2D eigenvalue weighted by molar-refractivity contribution is -0.131. The first-order valence-corrected chi connectivity index (χ1v) is 9.35. The van der Waals surface area contributed by atoms with E-state index < -0.39 is 17.7 Å². The maximum absolute atomic E-state index is 13.0. The molecule has 7 heteroatoms. The van der Waals surface area contributed by atoms with Gasteiger partial charge in [0, 0.05) is 28.9 Å². The number of fused-ring (bicyclic) bond motifs is 1. The molecule has 0 atom stereocenters. The first kappa shape index (κ1) is 21.0. The van der Waals surface area contributed by atoms with Gasteiger partial charge in [-0.25, -0.2) is 9.78 Å². The lowest BCUT2D eigenvalue weighted by atomic mass is 10.0. The highest BCUT2D eigenvalue weighted by molar-refractivity contribution is 6.15. The lowest BCUT2D eigenvalue weighted by Gasteiger charge is -2.19. The standard InChI is InChI=1S/C23H22N2O5/c1-14(26)29-19-13-24-20(18-8-6-5-7-17(18)19)21(27)15-9-11-16(12-10-15)25-22(28)30-23(2,3)4/h5-13H,1-4H3,(H,25,28). The van der Waals surface area contributed by atoms with E-state index in [0.717, 1.165) is 0 Å². The predicted octanol–water partition coefficient (Wildman–Crippen LogP) is 4.74. The quantitative estimate of drug-likeness (QED) is 0.497. The number of hydrogen-bond acceptors (Lipinski definition) is 6. The van der Waals surface area contributed by atoms with Crippen LogP contribution in [0, 0.1) is 0 Å². The number of anilines is 1. The molecule has 0 aliphatic carbocycles. The molecule has 1 N–H and O–H groups in total. The van der Waals surface area contributed by atoms with Crippen molar-refractivity contribution in [1.29, 1.82) is 0 Å². The molecule has 1 aromatic heterocycles. The number of ketones is 1. The van der Waals surface area contributed by atoms with Gasteiger partial charge in [-0.05, 0) is 45.0 Å². The van der Waals surface area contributed by atoms with Gasteiger partial charge in [-0.2, -0.15) is 0 Å². The maximum atomic E-state index is 13.0. The van der Waals surface area contributed by atoms with Gasteiger partial charge in [0.2, 0.25) is 5.78 Å². The van der Waals surface area contributed by atoms with Gasteiger partial charge < -0.3 is 9.47 Å². The Balaban J connectivity index is 1.86. The average molecular weight is 406 g/mol. The highest BCUT2D eigenvalue weighted by Crippen LogP contribution is 2.28. The van der Waals surface area contributed by atoms with Crippen molar-refractivity contribution in [2.45, 2.75) is 33.3 Å². The van der Waals surface area contributed by atoms with E-state index in [2.05, 4.69) is 10.3 Å². The largest absolute Gasteiger partial charge is 0.444 e. The summed E-state index contributed by atoms with van der Waals surface area (Å²) in [7, 11) is 0. The van der Waals surface area contributed by atoms with Crippen LogP contribution >= 0.6 is 0 Å². The second-order valence-corrected chi connectivity index (χ2v) is 7.64. The van der Waals surface area contributed by atoms with Gasteiger partial charge in [0.05, 0.1) is 6.20 Å². The summed E-state index contributed by atoms with van der Waals surface area (Å²) < 4.78 is 10.4. The van der Waals surface area contributed by atoms with Crippen LogP contribution in [-0.4, -0.2) is 28.4 Å². The molecule has 3 rings (SSSR count). The monoisotopic (exact) mass is 406 g/mol. The lowest BCUT2D eigenvalue weighted by Crippen LogP contribution is -2.27. The molecule has 2 aromatic carbocycles. The van der Waals surface area contributed by atoms with Gasteiger partial charge in [0.25, 0.3) is 0 Å². The molecule has 7 nitrogen and oxygen atoms in total. The Bertz CT molecular complexity index is 1110. The van der Waals surface area contributed by atoms with E-state index >= 15 is 0 Å². The molecule has 0 fully saturated rings. The van der Waals surface area contributed by atoms with Crippen LogP contribution in [-0.2, 0) is 9.53 Å². The third-order valence-corrected chi connectivity index (χ3v) is 4.02. The zero-order valence-electron chi connectivity index (χ0n) is 17.2. The Morgan fingerprint density at radius 3 is 2.17 bits per heavy atom. The van der Waals surface area contributed by atoms with Crippen LogP contribution in [0.5, 0.6) is 5.75 Å². The Morgan fingerprint density at radius 2 is 1.57 bits per heavy atom. The number of rotatable bonds is 4. The SMILES string of the molecule is CC(=O)Oc1cnc(C(=O)c2ccc(NC(=O)OC(C)(C)C)cc2)c2ccccc12. The molecule has 0 bridgehead atoms. The van der Waals surface area contributed by atoms with Crippen molar-refractivity contribution >= 4 is 34.3 Å². The smallest absolute Gasteiger partial charge is 0.412 e. The Hall–Kier alpha value is -3.74. The summed E-state index contributed by atoms with van der Waals surface area (Å²) in [6.07, 6.45) is 0.797. The molecule has 1 amide bonds. The maximum Gasteiger partial charge on any atom is 0.412 e. The number of hydrogen-bond donors (Lipinski definition) is 1. The van der Waals surface area contributed by atoms with Crippen LogP contribution in [0.4, 0.5) is 10.5 Å². The van der Waals surface area contributed by atoms with Crippen molar-refractivity contribution in [1.82, 2.24) is 4.98 Å². The van der Waals surface area contributed by atoms with Crippen LogP contribution in [0.1, 0.15) is 43.7 Å². The second kappa shape index (κ2) is 8.32. The van der Waals surface area contributed by atoms with E-state index in [9.17, 15) is 14.4 Å². The van der Waals surface area contributed by atoms with Gasteiger partial charge in [-0.15, -0.1) is 0 Å². The Labute approximate surface area is 174 Å². The molecule has 0 saturated heterocycles. The van der Waals surface area contributed by atoms with Crippen molar-refractivity contribution in [3.05, 3.63) is 66.0 Å². The zero-order valence-corrected chi connectivity index (χ0v) is 17.2. The number of nitrogens with zero attached hydrogens (tertiary/aromatic N) is 1. The average Bonchev–Trinajstić information content (AvgIpc) is 2.66. The highest BCUT2D eigenvalue weighted by atomic mass is 16.6. The first-order chi connectivity index (χ1) is 14.1. The molecule has 154 valence electrons. The summed E-state index contributed by atoms with van der Waals surface area (Å²) >= 11 is 0. The van der Waals surface area contributed by atoms with Crippen LogP contribution in [0.15, 0.2) is 54.7 Å². The number of aromatic nitrogens is 1. The molecule has 0 spiro atoms. The van der Waals surface area contributed by atoms with Gasteiger partial charge >= 0.3 is 12.1 Å². The third kappa shape index (κ3) is 5.00. The fourth-order valence-electron chi connectivity index (χ4n) is 2.85. The van der Waals surface area contributed by atoms with Crippen molar-refractivity contribution in [2.24, 2.45) is 0 Å². The fraction of sp³-hybridized carbons (Fsp3) is 0.217. The van der Waals surface area contributed by atoms with Gasteiger partial charge in [0.15, 0.2) is 5.75 Å². The molecule has 3 aromatic rings. The predicted molar refractivity (Wildman–Crippen MR) is 113 cm³/mol. The molecule has 0 saturated carbocycles. The number of esters is 1. The van der Waals surface area contributed by atoms with Crippen molar-refractivity contribution < 1.29 is 23.9 Å². The number of pyridine rings is 1. The molecular weight excluding hydrogens is 384 g/mol. The number of nitrogens with one attached hydrogen (secondary N) is 1. The number of amides is 1. The summed E-state index contributed by atoms with van der Waals surface area (Å²) in [5, 5.41) is 3.82. The van der Waals surface area contributed by atoms with Crippen LogP contribution in [0.2, 0.25) is 0 Å². The van der Waals surface area contributed by atoms with E-state index in [1.807, 2.05) is 0 Å². The number of benzene rings is 2. The highest BCUT2D eigenvalue weighted by Gasteiger charge is 2.18. The summed E-state index contributed by atoms with van der Waals surface area (Å²) in [6.45, 7) is 6.63. The van der Waals surface area contributed by atoms with Crippen LogP contribution in [0.25, 0.3) is 10.8 Å². The minimum atomic E-state index is -0.606. The van der Waals surface area contributed by atoms with E-state index in [-0.39, 0.29) is 11.5 Å². The zero-order chi connectivity index (χ0) is 21.9. The van der Waals surface area contributed by atoms with Crippen LogP contribution < -0.4 is 10.1 Å². The van der Waals surface area contributed by atoms with Gasteiger partial charge in [-0.3, -0.25) is 14.9 Å². The molecule has 1 heterocycles. The summed E-state index contributed by atoms with van der Waals surface area (Å²) in [5.41, 5.74) is 0.547. The molecule has 0 aliphatic heterocycles. The molecule has 30 heavy (non-hydrogen) atoms. The first-order valence-electron chi connectivity index (χ1n) is 9.35. The summed E-state index contributed by atoms with van der Waals surface area (Å²) in [5.74, 6) is -0.454. The number of ether oxygens (including phenoxy) is 2. The number of carbonyl (C=O) groups excluding carboxylic acids is 3. The van der Waals surface area contributed by atoms with Crippen molar-refractivity contribution in [3.8, 4) is 5.75 Å². The van der Waals surface area contributed by atoms with Crippen molar-refractivity contribution in [3.63, 3.8) is 0 Å². The molecular formula is C23H22N2O5. The Morgan fingerprint density at radius 1 is 0.933 bits per heavy atom. The molecule has 0 unspecified atom stereocenters. The molecule has 0 aliphatic rings. The van der Waals surface area contributed by atoms with E-state index in [4.69, 9.17) is 9.47 Å². The minimum absolute atomic E-state index is 0.245. The van der Waals surface area contributed by atoms with E-state index in [0.29, 0.717) is 27.8 Å². The normalized spacial score (nSPS) is 11.1. The topological polar surface area (TPSA) is 94.6 Å². The van der Waals surface area contributed by atoms with Gasteiger partial charge in [0.1, 0.15) is 11.3 Å².